The van der Waals surface area contributed by atoms with Crippen LogP contribution in [0.2, 0.25) is 5.02 Å². The van der Waals surface area contributed by atoms with Crippen molar-refractivity contribution in [1.82, 2.24) is 10.3 Å². The molecule has 0 atom stereocenters. The Kier molecular flexibility index (Phi) is 5.27. The number of amides is 2. The minimum Gasteiger partial charge on any atom is -0.449 e. The molecule has 7 heteroatoms. The second kappa shape index (κ2) is 8.16. The lowest BCUT2D eigenvalue weighted by Crippen LogP contribution is -2.26. The van der Waals surface area contributed by atoms with Gasteiger partial charge in [0.2, 0.25) is 0 Å². The molecule has 1 aliphatic heterocycles. The minimum absolute atomic E-state index is 0.145. The summed E-state index contributed by atoms with van der Waals surface area (Å²) in [7, 11) is 0. The van der Waals surface area contributed by atoms with Gasteiger partial charge in [-0.3, -0.25) is 14.6 Å². The van der Waals surface area contributed by atoms with E-state index in [0.717, 1.165) is 11.3 Å². The van der Waals surface area contributed by atoms with Gasteiger partial charge in [0.15, 0.2) is 11.5 Å². The van der Waals surface area contributed by atoms with Crippen molar-refractivity contribution < 1.29 is 14.3 Å². The molecule has 0 saturated carbocycles. The van der Waals surface area contributed by atoms with E-state index in [1.54, 1.807) is 48.7 Å². The zero-order valence-electron chi connectivity index (χ0n) is 15.2. The number of carbonyl (C=O) groups is 2. The molecule has 1 aliphatic rings. The van der Waals surface area contributed by atoms with Gasteiger partial charge in [0, 0.05) is 16.8 Å². The van der Waals surface area contributed by atoms with Gasteiger partial charge in [-0.2, -0.15) is 0 Å². The van der Waals surface area contributed by atoms with Crippen LogP contribution in [0.25, 0.3) is 6.08 Å². The predicted octanol–water partition coefficient (Wildman–Crippen LogP) is 4.04. The molecular formula is C22H16ClN3O3. The maximum absolute atomic E-state index is 12.4. The molecule has 0 radical (unpaired) electrons. The zero-order chi connectivity index (χ0) is 20.2. The number of anilines is 1. The smallest absolute Gasteiger partial charge is 0.291 e. The third-order valence-corrected chi connectivity index (χ3v) is 4.47. The second-order valence-electron chi connectivity index (χ2n) is 6.33. The number of halogens is 1. The van der Waals surface area contributed by atoms with E-state index in [0.29, 0.717) is 28.6 Å². The molecule has 0 spiro atoms. The molecule has 29 heavy (non-hydrogen) atoms. The van der Waals surface area contributed by atoms with Crippen LogP contribution in [0.5, 0.6) is 5.75 Å². The summed E-state index contributed by atoms with van der Waals surface area (Å²) in [5, 5.41) is 6.12. The van der Waals surface area contributed by atoms with Gasteiger partial charge in [-0.25, -0.2) is 0 Å². The predicted molar refractivity (Wildman–Crippen MR) is 111 cm³/mol. The van der Waals surface area contributed by atoms with Crippen molar-refractivity contribution in [3.63, 3.8) is 0 Å². The van der Waals surface area contributed by atoms with Crippen molar-refractivity contribution in [1.29, 1.82) is 0 Å². The maximum atomic E-state index is 12.4. The Balaban J connectivity index is 1.49. The molecule has 0 aliphatic carbocycles. The summed E-state index contributed by atoms with van der Waals surface area (Å²) in [6.45, 7) is 0.312. The summed E-state index contributed by atoms with van der Waals surface area (Å²) >= 11 is 5.98. The van der Waals surface area contributed by atoms with E-state index in [-0.39, 0.29) is 11.7 Å². The van der Waals surface area contributed by atoms with E-state index in [1.165, 1.54) is 0 Å². The third-order valence-electron chi connectivity index (χ3n) is 4.24. The number of rotatable bonds is 4. The highest BCUT2D eigenvalue weighted by Gasteiger charge is 2.23. The molecule has 0 bridgehead atoms. The standard InChI is InChI=1S/C22H16ClN3O3/c23-16-5-3-4-14(10-16)11-20-22(28)26-18-12-15(7-8-19(18)29-20)21(27)25-13-17-6-1-2-9-24-17/h1-12H,13H2,(H,25,27)(H,26,28)/b20-11+. The number of fused-ring (bicyclic) bond motifs is 1. The van der Waals surface area contributed by atoms with Crippen molar-refractivity contribution in [2.45, 2.75) is 6.54 Å². The Labute approximate surface area is 172 Å². The molecule has 144 valence electrons. The third kappa shape index (κ3) is 4.44. The first-order chi connectivity index (χ1) is 14.1. The first kappa shape index (κ1) is 18.7. The van der Waals surface area contributed by atoms with Crippen molar-refractivity contribution in [2.24, 2.45) is 0 Å². The van der Waals surface area contributed by atoms with Crippen molar-refractivity contribution in [3.05, 3.63) is 94.5 Å². The number of ether oxygens (including phenoxy) is 1. The first-order valence-electron chi connectivity index (χ1n) is 8.87. The van der Waals surface area contributed by atoms with Crippen LogP contribution in [0.3, 0.4) is 0 Å². The SMILES string of the molecule is O=C1Nc2cc(C(=O)NCc3ccccn3)ccc2O/C1=C/c1cccc(Cl)c1. The molecule has 6 nitrogen and oxygen atoms in total. The monoisotopic (exact) mass is 405 g/mol. The Hall–Kier alpha value is -3.64. The average Bonchev–Trinajstić information content (AvgIpc) is 2.73. The summed E-state index contributed by atoms with van der Waals surface area (Å²) in [6.07, 6.45) is 3.28. The fraction of sp³-hybridized carbons (Fsp3) is 0.0455. The minimum atomic E-state index is -0.400. The van der Waals surface area contributed by atoms with Gasteiger partial charge in [-0.05, 0) is 54.1 Å². The van der Waals surface area contributed by atoms with Gasteiger partial charge >= 0.3 is 0 Å². The zero-order valence-corrected chi connectivity index (χ0v) is 15.9. The lowest BCUT2D eigenvalue weighted by atomic mass is 10.1. The molecule has 4 rings (SSSR count). The molecule has 2 N–H and O–H groups in total. The van der Waals surface area contributed by atoms with E-state index < -0.39 is 5.91 Å². The van der Waals surface area contributed by atoms with Gasteiger partial charge in [0.25, 0.3) is 11.8 Å². The summed E-state index contributed by atoms with van der Waals surface area (Å²) in [4.78, 5) is 29.0. The van der Waals surface area contributed by atoms with Gasteiger partial charge in [-0.1, -0.05) is 29.8 Å². The lowest BCUT2D eigenvalue weighted by Gasteiger charge is -2.20. The number of nitrogens with zero attached hydrogens (tertiary/aromatic N) is 1. The fourth-order valence-electron chi connectivity index (χ4n) is 2.82. The Morgan fingerprint density at radius 1 is 1.14 bits per heavy atom. The van der Waals surface area contributed by atoms with E-state index in [9.17, 15) is 9.59 Å². The molecular weight excluding hydrogens is 390 g/mol. The summed E-state index contributed by atoms with van der Waals surface area (Å²) in [5.41, 5.74) is 2.34. The van der Waals surface area contributed by atoms with Gasteiger partial charge in [0.1, 0.15) is 0 Å². The normalized spacial score (nSPS) is 14.0. The van der Waals surface area contributed by atoms with Crippen LogP contribution in [0.15, 0.2) is 72.6 Å². The van der Waals surface area contributed by atoms with E-state index in [2.05, 4.69) is 15.6 Å². The topological polar surface area (TPSA) is 80.3 Å². The van der Waals surface area contributed by atoms with E-state index >= 15 is 0 Å². The molecule has 3 aromatic rings. The van der Waals surface area contributed by atoms with Gasteiger partial charge in [-0.15, -0.1) is 0 Å². The highest BCUT2D eigenvalue weighted by Crippen LogP contribution is 2.32. The molecule has 0 fully saturated rings. The summed E-state index contributed by atoms with van der Waals surface area (Å²) < 4.78 is 5.72. The Morgan fingerprint density at radius 2 is 2.03 bits per heavy atom. The van der Waals surface area contributed by atoms with Crippen LogP contribution in [0.4, 0.5) is 5.69 Å². The van der Waals surface area contributed by atoms with Crippen LogP contribution in [0.1, 0.15) is 21.6 Å². The largest absolute Gasteiger partial charge is 0.449 e. The second-order valence-corrected chi connectivity index (χ2v) is 6.77. The highest BCUT2D eigenvalue weighted by molar-refractivity contribution is 6.30. The van der Waals surface area contributed by atoms with Crippen LogP contribution < -0.4 is 15.4 Å². The molecule has 0 saturated heterocycles. The number of hydrogen-bond donors (Lipinski definition) is 2. The first-order valence-corrected chi connectivity index (χ1v) is 9.25. The summed E-state index contributed by atoms with van der Waals surface area (Å²) in [5.74, 6) is -0.0669. The van der Waals surface area contributed by atoms with Gasteiger partial charge in [0.05, 0.1) is 17.9 Å². The Morgan fingerprint density at radius 3 is 2.83 bits per heavy atom. The molecule has 2 amide bonds. The fourth-order valence-corrected chi connectivity index (χ4v) is 3.02. The number of nitrogens with one attached hydrogen (secondary N) is 2. The average molecular weight is 406 g/mol. The number of pyridine rings is 1. The number of carbonyl (C=O) groups excluding carboxylic acids is 2. The van der Waals surface area contributed by atoms with Crippen LogP contribution >= 0.6 is 11.6 Å². The van der Waals surface area contributed by atoms with Crippen LogP contribution in [-0.2, 0) is 11.3 Å². The highest BCUT2D eigenvalue weighted by atomic mass is 35.5. The van der Waals surface area contributed by atoms with Crippen LogP contribution in [-0.4, -0.2) is 16.8 Å². The van der Waals surface area contributed by atoms with Crippen molar-refractivity contribution >= 4 is 35.2 Å². The quantitative estimate of drug-likeness (QED) is 0.642. The number of hydrogen-bond acceptors (Lipinski definition) is 4. The number of aromatic nitrogens is 1. The van der Waals surface area contributed by atoms with Gasteiger partial charge < -0.3 is 15.4 Å². The lowest BCUT2D eigenvalue weighted by molar-refractivity contribution is -0.115. The molecule has 1 aromatic heterocycles. The summed E-state index contributed by atoms with van der Waals surface area (Å²) in [6, 6.07) is 17.5. The van der Waals surface area contributed by atoms with E-state index in [4.69, 9.17) is 16.3 Å². The van der Waals surface area contributed by atoms with Crippen molar-refractivity contribution in [2.75, 3.05) is 5.32 Å². The molecule has 0 unspecified atom stereocenters. The number of benzene rings is 2. The van der Waals surface area contributed by atoms with Crippen LogP contribution in [0, 0.1) is 0 Å². The molecule has 2 heterocycles. The van der Waals surface area contributed by atoms with Crippen molar-refractivity contribution in [3.8, 4) is 5.75 Å². The maximum Gasteiger partial charge on any atom is 0.291 e. The van der Waals surface area contributed by atoms with E-state index in [1.807, 2.05) is 24.3 Å². The Bertz CT molecular complexity index is 1110. The molecule has 2 aromatic carbocycles.